The predicted octanol–water partition coefficient (Wildman–Crippen LogP) is 8.90. The third-order valence-corrected chi connectivity index (χ3v) is 5.87. The first-order valence-corrected chi connectivity index (χ1v) is 11.5. The maximum absolute atomic E-state index is 4.05. The van der Waals surface area contributed by atoms with Crippen LogP contribution in [0.25, 0.3) is 6.08 Å². The Kier molecular flexibility index (Phi) is 13.1. The summed E-state index contributed by atoms with van der Waals surface area (Å²) in [7, 11) is 0. The monoisotopic (exact) mass is 406 g/mol. The van der Waals surface area contributed by atoms with Gasteiger partial charge < -0.3 is 0 Å². The zero-order valence-corrected chi connectivity index (χ0v) is 18.3. The fourth-order valence-electron chi connectivity index (χ4n) is 3.47. The minimum absolute atomic E-state index is 1.18. The standard InChI is InChI=1S/C24H39Br/c1-4-7-9-11-13-15-17-22-20-24(25)23(19-21(22)6-3)18-16-14-12-10-8-5-2/h6,19-20H,3-5,7-18H2,1-2H3. The highest BCUT2D eigenvalue weighted by Gasteiger charge is 2.07. The molecule has 0 saturated carbocycles. The van der Waals surface area contributed by atoms with Crippen LogP contribution in [-0.2, 0) is 12.8 Å². The van der Waals surface area contributed by atoms with Gasteiger partial charge in [0.15, 0.2) is 0 Å². The van der Waals surface area contributed by atoms with Gasteiger partial charge in [0, 0.05) is 4.47 Å². The second-order valence-corrected chi connectivity index (χ2v) is 8.24. The van der Waals surface area contributed by atoms with Crippen LogP contribution in [-0.4, -0.2) is 0 Å². The maximum atomic E-state index is 4.05. The number of hydrogen-bond acceptors (Lipinski definition) is 0. The Morgan fingerprint density at radius 2 is 1.20 bits per heavy atom. The van der Waals surface area contributed by atoms with Gasteiger partial charge in [0.05, 0.1) is 0 Å². The lowest BCUT2D eigenvalue weighted by Crippen LogP contribution is -1.96. The minimum Gasteiger partial charge on any atom is -0.0985 e. The summed E-state index contributed by atoms with van der Waals surface area (Å²) in [5, 5.41) is 0. The van der Waals surface area contributed by atoms with Crippen molar-refractivity contribution in [3.05, 3.63) is 39.9 Å². The van der Waals surface area contributed by atoms with Crippen LogP contribution in [0.3, 0.4) is 0 Å². The van der Waals surface area contributed by atoms with Gasteiger partial charge in [-0.2, -0.15) is 0 Å². The average molecular weight is 407 g/mol. The Bertz CT molecular complexity index is 475. The van der Waals surface area contributed by atoms with E-state index in [-0.39, 0.29) is 0 Å². The molecule has 0 atom stereocenters. The first-order chi connectivity index (χ1) is 12.2. The highest BCUT2D eigenvalue weighted by Crippen LogP contribution is 2.26. The summed E-state index contributed by atoms with van der Waals surface area (Å²) in [6.45, 7) is 8.60. The lowest BCUT2D eigenvalue weighted by molar-refractivity contribution is 0.605. The molecule has 0 aromatic heterocycles. The van der Waals surface area contributed by atoms with E-state index in [0.29, 0.717) is 0 Å². The van der Waals surface area contributed by atoms with Gasteiger partial charge in [-0.3, -0.25) is 0 Å². The SMILES string of the molecule is C=Cc1cc(CCCCCCCC)c(Br)cc1CCCCCCCC. The van der Waals surface area contributed by atoms with Crippen molar-refractivity contribution in [3.8, 4) is 0 Å². The van der Waals surface area contributed by atoms with E-state index in [9.17, 15) is 0 Å². The highest BCUT2D eigenvalue weighted by atomic mass is 79.9. The molecular weight excluding hydrogens is 368 g/mol. The molecular formula is C24H39Br. The summed E-state index contributed by atoms with van der Waals surface area (Å²) in [5.41, 5.74) is 4.26. The molecule has 0 spiro atoms. The molecule has 0 bridgehead atoms. The van der Waals surface area contributed by atoms with Crippen molar-refractivity contribution in [2.45, 2.75) is 104 Å². The van der Waals surface area contributed by atoms with Gasteiger partial charge in [0.2, 0.25) is 0 Å². The van der Waals surface area contributed by atoms with Crippen LogP contribution in [0, 0.1) is 0 Å². The molecule has 1 heteroatoms. The van der Waals surface area contributed by atoms with Crippen LogP contribution in [0.1, 0.15) is 108 Å². The molecule has 0 saturated heterocycles. The molecule has 0 heterocycles. The van der Waals surface area contributed by atoms with Gasteiger partial charge in [-0.05, 0) is 48.4 Å². The number of halogens is 1. The van der Waals surface area contributed by atoms with Crippen LogP contribution < -0.4 is 0 Å². The number of hydrogen-bond donors (Lipinski definition) is 0. The molecule has 1 aromatic carbocycles. The second-order valence-electron chi connectivity index (χ2n) is 7.38. The molecule has 0 unspecified atom stereocenters. The Morgan fingerprint density at radius 3 is 1.72 bits per heavy atom. The van der Waals surface area contributed by atoms with Gasteiger partial charge in [-0.15, -0.1) is 0 Å². The fourth-order valence-corrected chi connectivity index (χ4v) is 4.06. The molecule has 0 fully saturated rings. The minimum atomic E-state index is 1.18. The van der Waals surface area contributed by atoms with Crippen LogP contribution in [0.4, 0.5) is 0 Å². The highest BCUT2D eigenvalue weighted by molar-refractivity contribution is 9.10. The van der Waals surface area contributed by atoms with Crippen molar-refractivity contribution in [3.63, 3.8) is 0 Å². The average Bonchev–Trinajstić information content (AvgIpc) is 2.62. The lowest BCUT2D eigenvalue weighted by Gasteiger charge is -2.12. The number of unbranched alkanes of at least 4 members (excludes halogenated alkanes) is 10. The maximum Gasteiger partial charge on any atom is 0.0210 e. The summed E-state index contributed by atoms with van der Waals surface area (Å²) in [4.78, 5) is 0. The van der Waals surface area contributed by atoms with Crippen LogP contribution in [0.15, 0.2) is 23.2 Å². The molecule has 1 aromatic rings. The second kappa shape index (κ2) is 14.6. The van der Waals surface area contributed by atoms with Gasteiger partial charge in [-0.1, -0.05) is 113 Å². The van der Waals surface area contributed by atoms with E-state index < -0.39 is 0 Å². The molecule has 0 aliphatic carbocycles. The zero-order chi connectivity index (χ0) is 18.3. The number of benzene rings is 1. The number of rotatable bonds is 15. The molecule has 0 amide bonds. The molecule has 0 nitrogen and oxygen atoms in total. The smallest absolute Gasteiger partial charge is 0.0210 e. The normalized spacial score (nSPS) is 11.0. The predicted molar refractivity (Wildman–Crippen MR) is 118 cm³/mol. The summed E-state index contributed by atoms with van der Waals surface area (Å²) in [5.74, 6) is 0. The summed E-state index contributed by atoms with van der Waals surface area (Å²) in [6, 6.07) is 4.73. The van der Waals surface area contributed by atoms with E-state index in [1.807, 2.05) is 6.08 Å². The first-order valence-electron chi connectivity index (χ1n) is 10.7. The summed E-state index contributed by atoms with van der Waals surface area (Å²) < 4.78 is 1.30. The van der Waals surface area contributed by atoms with E-state index in [4.69, 9.17) is 0 Å². The van der Waals surface area contributed by atoms with Crippen LogP contribution in [0.2, 0.25) is 0 Å². The topological polar surface area (TPSA) is 0 Å². The molecule has 0 aliphatic rings. The van der Waals surface area contributed by atoms with Crippen molar-refractivity contribution in [2.75, 3.05) is 0 Å². The molecule has 142 valence electrons. The fraction of sp³-hybridized carbons (Fsp3) is 0.667. The first kappa shape index (κ1) is 22.5. The quantitative estimate of drug-likeness (QED) is 0.255. The van der Waals surface area contributed by atoms with Crippen LogP contribution in [0.5, 0.6) is 0 Å². The Hall–Kier alpha value is -0.560. The van der Waals surface area contributed by atoms with Crippen molar-refractivity contribution in [1.82, 2.24) is 0 Å². The summed E-state index contributed by atoms with van der Waals surface area (Å²) in [6.07, 6.45) is 20.7. The molecule has 0 radical (unpaired) electrons. The Morgan fingerprint density at radius 1 is 0.720 bits per heavy atom. The lowest BCUT2D eigenvalue weighted by atomic mass is 9.96. The Balaban J connectivity index is 2.45. The van der Waals surface area contributed by atoms with Crippen molar-refractivity contribution in [1.29, 1.82) is 0 Å². The molecule has 25 heavy (non-hydrogen) atoms. The summed E-state index contributed by atoms with van der Waals surface area (Å²) >= 11 is 3.81. The van der Waals surface area contributed by atoms with E-state index in [0.717, 1.165) is 0 Å². The van der Waals surface area contributed by atoms with Crippen molar-refractivity contribution >= 4 is 22.0 Å². The molecule has 1 rings (SSSR count). The van der Waals surface area contributed by atoms with E-state index in [1.54, 1.807) is 0 Å². The van der Waals surface area contributed by atoms with E-state index >= 15 is 0 Å². The van der Waals surface area contributed by atoms with Gasteiger partial charge >= 0.3 is 0 Å². The van der Waals surface area contributed by atoms with Crippen molar-refractivity contribution < 1.29 is 0 Å². The van der Waals surface area contributed by atoms with E-state index in [2.05, 4.69) is 48.5 Å². The third kappa shape index (κ3) is 9.64. The zero-order valence-electron chi connectivity index (χ0n) is 16.7. The third-order valence-electron chi connectivity index (χ3n) is 5.13. The van der Waals surface area contributed by atoms with Crippen molar-refractivity contribution in [2.24, 2.45) is 0 Å². The number of aryl methyl sites for hydroxylation is 2. The van der Waals surface area contributed by atoms with Crippen LogP contribution >= 0.6 is 15.9 Å². The molecule has 0 N–H and O–H groups in total. The molecule has 0 aliphatic heterocycles. The van der Waals surface area contributed by atoms with Gasteiger partial charge in [0.25, 0.3) is 0 Å². The largest absolute Gasteiger partial charge is 0.0985 e. The van der Waals surface area contributed by atoms with Gasteiger partial charge in [0.1, 0.15) is 0 Å². The van der Waals surface area contributed by atoms with E-state index in [1.165, 1.54) is 111 Å². The van der Waals surface area contributed by atoms with Gasteiger partial charge in [-0.25, -0.2) is 0 Å². The Labute approximate surface area is 165 Å².